The van der Waals surface area contributed by atoms with Crippen LogP contribution in [0, 0.1) is 24.4 Å². The number of rotatable bonds is 1. The molecule has 1 rings (SSSR count). The third-order valence-electron chi connectivity index (χ3n) is 1.62. The Morgan fingerprint density at radius 3 is 2.14 bits per heavy atom. The van der Waals surface area contributed by atoms with Crippen molar-refractivity contribution in [3.05, 3.63) is 29.1 Å². The van der Waals surface area contributed by atoms with Crippen LogP contribution in [0.2, 0.25) is 0 Å². The summed E-state index contributed by atoms with van der Waals surface area (Å²) in [6.45, 7) is 0.864. The van der Waals surface area contributed by atoms with Crippen molar-refractivity contribution >= 4 is 10.1 Å². The zero-order valence-electron chi connectivity index (χ0n) is 6.88. The Balaban J connectivity index is 3.66. The molecule has 0 aliphatic carbocycles. The lowest BCUT2D eigenvalue weighted by molar-refractivity contribution is 0.452. The minimum atomic E-state index is -4.88. The summed E-state index contributed by atoms with van der Waals surface area (Å²) < 4.78 is 67.7. The van der Waals surface area contributed by atoms with Crippen molar-refractivity contribution in [2.75, 3.05) is 0 Å². The first-order chi connectivity index (χ1) is 6.25. The summed E-state index contributed by atoms with van der Waals surface area (Å²) in [7, 11) is -4.88. The van der Waals surface area contributed by atoms with Crippen molar-refractivity contribution in [2.45, 2.75) is 11.8 Å². The maximum absolute atomic E-state index is 13.0. The maximum Gasteiger partial charge on any atom is 0.297 e. The molecule has 1 aromatic carbocycles. The van der Waals surface area contributed by atoms with Gasteiger partial charge in [0, 0.05) is 11.6 Å². The summed E-state index contributed by atoms with van der Waals surface area (Å²) in [5.74, 6) is -4.50. The van der Waals surface area contributed by atoms with E-state index in [2.05, 4.69) is 0 Å². The number of halogens is 3. The van der Waals surface area contributed by atoms with E-state index in [0.717, 1.165) is 6.92 Å². The first-order valence-corrected chi connectivity index (χ1v) is 4.80. The number of benzene rings is 1. The average molecular weight is 226 g/mol. The second kappa shape index (κ2) is 3.25. The molecule has 14 heavy (non-hydrogen) atoms. The van der Waals surface area contributed by atoms with E-state index in [4.69, 9.17) is 4.55 Å². The van der Waals surface area contributed by atoms with Crippen molar-refractivity contribution in [1.29, 1.82) is 0 Å². The molecule has 0 saturated heterocycles. The third-order valence-corrected chi connectivity index (χ3v) is 2.47. The standard InChI is InChI=1S/C7H5F3O3S/c1-3-6(9)4(8)2-5(7(3)10)14(11,12)13/h2H,1H3,(H,11,12,13). The van der Waals surface area contributed by atoms with E-state index in [1.807, 2.05) is 0 Å². The predicted molar refractivity (Wildman–Crippen MR) is 40.9 cm³/mol. The van der Waals surface area contributed by atoms with E-state index in [1.165, 1.54) is 0 Å². The van der Waals surface area contributed by atoms with Gasteiger partial charge in [0.2, 0.25) is 0 Å². The molecule has 0 bridgehead atoms. The highest BCUT2D eigenvalue weighted by molar-refractivity contribution is 7.85. The van der Waals surface area contributed by atoms with Gasteiger partial charge in [-0.2, -0.15) is 8.42 Å². The molecular formula is C7H5F3O3S. The smallest absolute Gasteiger partial charge is 0.282 e. The van der Waals surface area contributed by atoms with Gasteiger partial charge in [-0.1, -0.05) is 0 Å². The molecule has 0 aliphatic heterocycles. The second-order valence-electron chi connectivity index (χ2n) is 2.58. The summed E-state index contributed by atoms with van der Waals surface area (Å²) in [4.78, 5) is -1.27. The zero-order valence-corrected chi connectivity index (χ0v) is 7.70. The average Bonchev–Trinajstić information content (AvgIpc) is 2.06. The first kappa shape index (κ1) is 11.0. The molecule has 0 radical (unpaired) electrons. The van der Waals surface area contributed by atoms with Crippen molar-refractivity contribution in [2.24, 2.45) is 0 Å². The lowest BCUT2D eigenvalue weighted by Crippen LogP contribution is -2.06. The van der Waals surface area contributed by atoms with Crippen LogP contribution in [-0.2, 0) is 10.1 Å². The van der Waals surface area contributed by atoms with Crippen molar-refractivity contribution in [1.82, 2.24) is 0 Å². The minimum Gasteiger partial charge on any atom is -0.282 e. The van der Waals surface area contributed by atoms with Crippen molar-refractivity contribution in [3.63, 3.8) is 0 Å². The predicted octanol–water partition coefficient (Wildman–Crippen LogP) is 1.66. The maximum atomic E-state index is 13.0. The summed E-state index contributed by atoms with van der Waals surface area (Å²) >= 11 is 0. The first-order valence-electron chi connectivity index (χ1n) is 3.36. The minimum absolute atomic E-state index is 0.0903. The number of hydrogen-bond acceptors (Lipinski definition) is 2. The molecule has 78 valence electrons. The molecule has 7 heteroatoms. The Morgan fingerprint density at radius 1 is 1.21 bits per heavy atom. The van der Waals surface area contributed by atoms with Crippen molar-refractivity contribution < 1.29 is 26.1 Å². The summed E-state index contributed by atoms with van der Waals surface area (Å²) in [6, 6.07) is 0.0903. The van der Waals surface area contributed by atoms with Gasteiger partial charge in [-0.25, -0.2) is 13.2 Å². The van der Waals surface area contributed by atoms with E-state index < -0.39 is 38.0 Å². The SMILES string of the molecule is Cc1c(F)c(F)cc(S(=O)(=O)O)c1F. The Bertz CT molecular complexity index is 481. The Kier molecular flexibility index (Phi) is 2.55. The van der Waals surface area contributed by atoms with Crippen LogP contribution in [0.1, 0.15) is 5.56 Å². The van der Waals surface area contributed by atoms with Gasteiger partial charge >= 0.3 is 0 Å². The Morgan fingerprint density at radius 2 is 1.71 bits per heavy atom. The van der Waals surface area contributed by atoms with Gasteiger partial charge in [-0.15, -0.1) is 0 Å². The van der Waals surface area contributed by atoms with Crippen LogP contribution in [0.15, 0.2) is 11.0 Å². The molecule has 3 nitrogen and oxygen atoms in total. The molecule has 0 fully saturated rings. The van der Waals surface area contributed by atoms with Crippen molar-refractivity contribution in [3.8, 4) is 0 Å². The molecule has 0 amide bonds. The fourth-order valence-electron chi connectivity index (χ4n) is 0.890. The van der Waals surface area contributed by atoms with Gasteiger partial charge in [0.05, 0.1) is 0 Å². The van der Waals surface area contributed by atoms with Crippen LogP contribution in [-0.4, -0.2) is 13.0 Å². The van der Waals surface area contributed by atoms with Gasteiger partial charge in [-0.05, 0) is 6.92 Å². The van der Waals surface area contributed by atoms with Crippen LogP contribution >= 0.6 is 0 Å². The van der Waals surface area contributed by atoms with Gasteiger partial charge in [0.25, 0.3) is 10.1 Å². The second-order valence-corrected chi connectivity index (χ2v) is 3.97. The molecule has 0 aliphatic rings. The zero-order chi connectivity index (χ0) is 11.1. The summed E-state index contributed by atoms with van der Waals surface area (Å²) in [5, 5.41) is 0. The third kappa shape index (κ3) is 1.73. The van der Waals surface area contributed by atoms with Gasteiger partial charge < -0.3 is 0 Å². The molecule has 0 aromatic heterocycles. The summed E-state index contributed by atoms with van der Waals surface area (Å²) in [6.07, 6.45) is 0. The highest BCUT2D eigenvalue weighted by Gasteiger charge is 2.22. The topological polar surface area (TPSA) is 54.4 Å². The summed E-state index contributed by atoms with van der Waals surface area (Å²) in [5.41, 5.74) is -0.794. The molecule has 1 aromatic rings. The highest BCUT2D eigenvalue weighted by atomic mass is 32.2. The van der Waals surface area contributed by atoms with Crippen LogP contribution in [0.5, 0.6) is 0 Å². The van der Waals surface area contributed by atoms with E-state index in [9.17, 15) is 21.6 Å². The Labute approximate surface area is 77.9 Å². The van der Waals surface area contributed by atoms with Gasteiger partial charge in [-0.3, -0.25) is 4.55 Å². The van der Waals surface area contributed by atoms with Crippen LogP contribution < -0.4 is 0 Å². The lowest BCUT2D eigenvalue weighted by atomic mass is 10.2. The largest absolute Gasteiger partial charge is 0.297 e. The normalized spacial score (nSPS) is 11.8. The van der Waals surface area contributed by atoms with Crippen LogP contribution in [0.3, 0.4) is 0 Å². The van der Waals surface area contributed by atoms with E-state index in [0.29, 0.717) is 0 Å². The quantitative estimate of drug-likeness (QED) is 0.585. The van der Waals surface area contributed by atoms with E-state index in [1.54, 1.807) is 0 Å². The molecule has 0 atom stereocenters. The van der Waals surface area contributed by atoms with E-state index >= 15 is 0 Å². The molecule has 0 spiro atoms. The highest BCUT2D eigenvalue weighted by Crippen LogP contribution is 2.22. The fraction of sp³-hybridized carbons (Fsp3) is 0.143. The number of hydrogen-bond donors (Lipinski definition) is 1. The van der Waals surface area contributed by atoms with Gasteiger partial charge in [0.15, 0.2) is 11.6 Å². The van der Waals surface area contributed by atoms with Crippen LogP contribution in [0.4, 0.5) is 13.2 Å². The monoisotopic (exact) mass is 226 g/mol. The molecule has 0 heterocycles. The molecular weight excluding hydrogens is 221 g/mol. The van der Waals surface area contributed by atoms with Gasteiger partial charge in [0.1, 0.15) is 10.7 Å². The molecule has 0 unspecified atom stereocenters. The fourth-order valence-corrected chi connectivity index (χ4v) is 1.52. The molecule has 0 saturated carbocycles. The molecule has 1 N–H and O–H groups in total. The lowest BCUT2D eigenvalue weighted by Gasteiger charge is -2.04. The van der Waals surface area contributed by atoms with E-state index in [-0.39, 0.29) is 6.07 Å². The Hall–Kier alpha value is -1.08. The van der Waals surface area contributed by atoms with Crippen LogP contribution in [0.25, 0.3) is 0 Å².